The largest absolute Gasteiger partial charge is 0.507 e. The second-order valence-electron chi connectivity index (χ2n) is 8.79. The number of aliphatic hydroxyl groups is 1. The van der Waals surface area contributed by atoms with Gasteiger partial charge in [-0.05, 0) is 51.2 Å². The van der Waals surface area contributed by atoms with Crippen LogP contribution in [0.2, 0.25) is 0 Å². The topological polar surface area (TPSA) is 78.7 Å². The molecule has 1 fully saturated rings. The predicted molar refractivity (Wildman–Crippen MR) is 136 cm³/mol. The fraction of sp³-hybridized carbons (Fsp3) is 0.321. The summed E-state index contributed by atoms with van der Waals surface area (Å²) in [5.74, 6) is -2.46. The summed E-state index contributed by atoms with van der Waals surface area (Å²) in [5.41, 5.74) is 1.76. The van der Waals surface area contributed by atoms with Gasteiger partial charge in [-0.2, -0.15) is 5.10 Å². The number of amides is 1. The maximum Gasteiger partial charge on any atom is 0.295 e. The van der Waals surface area contributed by atoms with Crippen LogP contribution in [0.15, 0.2) is 66.4 Å². The zero-order valence-corrected chi connectivity index (χ0v) is 20.8. The lowest BCUT2D eigenvalue weighted by Crippen LogP contribution is -2.33. The fourth-order valence-corrected chi connectivity index (χ4v) is 4.75. The van der Waals surface area contributed by atoms with Gasteiger partial charge in [0.05, 0.1) is 34.8 Å². The Hall–Kier alpha value is -3.78. The van der Waals surface area contributed by atoms with Crippen LogP contribution in [0.5, 0.6) is 0 Å². The molecule has 0 aliphatic carbocycles. The lowest BCUT2D eigenvalue weighted by atomic mass is 9.95. The molecular formula is C28H31FN4O3. The van der Waals surface area contributed by atoms with E-state index < -0.39 is 23.5 Å². The van der Waals surface area contributed by atoms with Crippen molar-refractivity contribution in [3.8, 4) is 5.69 Å². The van der Waals surface area contributed by atoms with Crippen molar-refractivity contribution in [3.63, 3.8) is 0 Å². The summed E-state index contributed by atoms with van der Waals surface area (Å²) < 4.78 is 16.6. The minimum Gasteiger partial charge on any atom is -0.507 e. The van der Waals surface area contributed by atoms with Crippen LogP contribution in [0, 0.1) is 12.7 Å². The van der Waals surface area contributed by atoms with E-state index in [1.165, 1.54) is 17.2 Å². The first-order chi connectivity index (χ1) is 17.4. The predicted octanol–water partition coefficient (Wildman–Crippen LogP) is 4.47. The van der Waals surface area contributed by atoms with Gasteiger partial charge in [0.2, 0.25) is 0 Å². The van der Waals surface area contributed by atoms with Crippen LogP contribution in [0.4, 0.5) is 4.39 Å². The van der Waals surface area contributed by atoms with Crippen LogP contribution in [0.3, 0.4) is 0 Å². The van der Waals surface area contributed by atoms with E-state index >= 15 is 0 Å². The van der Waals surface area contributed by atoms with Crippen molar-refractivity contribution < 1.29 is 19.1 Å². The van der Waals surface area contributed by atoms with Gasteiger partial charge < -0.3 is 14.9 Å². The first kappa shape index (κ1) is 25.3. The summed E-state index contributed by atoms with van der Waals surface area (Å²) in [6.45, 7) is 8.64. The fourth-order valence-electron chi connectivity index (χ4n) is 4.75. The molecule has 36 heavy (non-hydrogen) atoms. The van der Waals surface area contributed by atoms with Crippen molar-refractivity contribution in [3.05, 3.63) is 89.0 Å². The second-order valence-corrected chi connectivity index (χ2v) is 8.79. The number of carbonyl (C=O) groups excluding carboxylic acids is 2. The third-order valence-corrected chi connectivity index (χ3v) is 6.77. The van der Waals surface area contributed by atoms with Crippen molar-refractivity contribution in [1.29, 1.82) is 0 Å². The number of halogens is 1. The molecular weight excluding hydrogens is 459 g/mol. The van der Waals surface area contributed by atoms with Gasteiger partial charge in [-0.25, -0.2) is 9.07 Å². The number of hydrogen-bond donors (Lipinski definition) is 1. The third kappa shape index (κ3) is 4.68. The van der Waals surface area contributed by atoms with Gasteiger partial charge in [-0.1, -0.05) is 50.2 Å². The van der Waals surface area contributed by atoms with E-state index in [9.17, 15) is 19.1 Å². The monoisotopic (exact) mass is 490 g/mol. The summed E-state index contributed by atoms with van der Waals surface area (Å²) in [5, 5.41) is 15.8. The second kappa shape index (κ2) is 10.9. The number of ketones is 1. The third-order valence-electron chi connectivity index (χ3n) is 6.77. The van der Waals surface area contributed by atoms with Gasteiger partial charge in [0.1, 0.15) is 11.6 Å². The molecule has 2 heterocycles. The minimum atomic E-state index is -1.03. The molecule has 8 heteroatoms. The molecule has 1 unspecified atom stereocenters. The normalized spacial score (nSPS) is 17.4. The van der Waals surface area contributed by atoms with Crippen LogP contribution in [-0.4, -0.2) is 62.6 Å². The number of aliphatic hydroxyl groups excluding tert-OH is 1. The maximum absolute atomic E-state index is 15.0. The molecule has 2 aromatic carbocycles. The lowest BCUT2D eigenvalue weighted by Gasteiger charge is -2.27. The standard InChI is InChI=1S/C28H31FN4O3/c1-4-31(5-2)16-11-17-32-25(21-14-9-10-15-23(21)29)24(27(35)28(32)36)26(34)22-18-30-33(19(22)3)20-12-7-6-8-13-20/h6-10,12-15,18,25,34H,4-5,11,16-17H2,1-3H3. The van der Waals surface area contributed by atoms with Crippen LogP contribution >= 0.6 is 0 Å². The Morgan fingerprint density at radius 1 is 1.06 bits per heavy atom. The number of rotatable bonds is 9. The number of hydrogen-bond acceptors (Lipinski definition) is 5. The van der Waals surface area contributed by atoms with E-state index in [1.54, 1.807) is 29.8 Å². The van der Waals surface area contributed by atoms with Crippen molar-refractivity contribution in [2.24, 2.45) is 0 Å². The van der Waals surface area contributed by atoms with Crippen molar-refractivity contribution >= 4 is 17.4 Å². The van der Waals surface area contributed by atoms with E-state index in [2.05, 4.69) is 23.8 Å². The first-order valence-corrected chi connectivity index (χ1v) is 12.2. The molecule has 1 N–H and O–H groups in total. The highest BCUT2D eigenvalue weighted by atomic mass is 19.1. The summed E-state index contributed by atoms with van der Waals surface area (Å²) in [6.07, 6.45) is 2.08. The van der Waals surface area contributed by atoms with Crippen LogP contribution in [0.1, 0.15) is 43.1 Å². The molecule has 0 saturated carbocycles. The molecule has 1 aromatic heterocycles. The molecule has 1 aliphatic rings. The van der Waals surface area contributed by atoms with Gasteiger partial charge in [-0.15, -0.1) is 0 Å². The molecule has 3 aromatic rings. The highest BCUT2D eigenvalue weighted by Gasteiger charge is 2.47. The maximum atomic E-state index is 15.0. The number of para-hydroxylation sites is 1. The number of aromatic nitrogens is 2. The number of nitrogens with zero attached hydrogens (tertiary/aromatic N) is 4. The molecule has 0 spiro atoms. The van der Waals surface area contributed by atoms with E-state index in [4.69, 9.17) is 0 Å². The number of likely N-dealkylation sites (tertiary alicyclic amines) is 1. The highest BCUT2D eigenvalue weighted by molar-refractivity contribution is 6.46. The Balaban J connectivity index is 1.78. The Morgan fingerprint density at radius 3 is 2.39 bits per heavy atom. The Labute approximate surface area is 210 Å². The molecule has 1 saturated heterocycles. The zero-order valence-electron chi connectivity index (χ0n) is 20.8. The Bertz CT molecular complexity index is 1280. The van der Waals surface area contributed by atoms with Crippen molar-refractivity contribution in [1.82, 2.24) is 19.6 Å². The van der Waals surface area contributed by atoms with Crippen molar-refractivity contribution in [2.45, 2.75) is 33.2 Å². The van der Waals surface area contributed by atoms with Gasteiger partial charge in [0.15, 0.2) is 0 Å². The van der Waals surface area contributed by atoms with Gasteiger partial charge >= 0.3 is 0 Å². The average molecular weight is 491 g/mol. The lowest BCUT2D eigenvalue weighted by molar-refractivity contribution is -0.140. The molecule has 0 radical (unpaired) electrons. The molecule has 4 rings (SSSR count). The SMILES string of the molecule is CCN(CC)CCCN1C(=O)C(=O)C(=C(O)c2cnn(-c3ccccc3)c2C)C1c1ccccc1F. The molecule has 1 amide bonds. The van der Waals surface area contributed by atoms with E-state index in [1.807, 2.05) is 30.3 Å². The molecule has 188 valence electrons. The highest BCUT2D eigenvalue weighted by Crippen LogP contribution is 2.40. The Kier molecular flexibility index (Phi) is 7.64. The quantitative estimate of drug-likeness (QED) is 0.272. The summed E-state index contributed by atoms with van der Waals surface area (Å²) in [7, 11) is 0. The zero-order chi connectivity index (χ0) is 25.8. The smallest absolute Gasteiger partial charge is 0.295 e. The van der Waals surface area contributed by atoms with Gasteiger partial charge in [0, 0.05) is 12.1 Å². The minimum absolute atomic E-state index is 0.122. The number of benzene rings is 2. The van der Waals surface area contributed by atoms with E-state index in [0.29, 0.717) is 17.7 Å². The van der Waals surface area contributed by atoms with E-state index in [-0.39, 0.29) is 23.4 Å². The first-order valence-electron chi connectivity index (χ1n) is 12.2. The van der Waals surface area contributed by atoms with Crippen LogP contribution in [-0.2, 0) is 9.59 Å². The van der Waals surface area contributed by atoms with Crippen molar-refractivity contribution in [2.75, 3.05) is 26.2 Å². The average Bonchev–Trinajstić information content (AvgIpc) is 3.39. The number of carbonyl (C=O) groups is 2. The molecule has 1 atom stereocenters. The Morgan fingerprint density at radius 2 is 1.72 bits per heavy atom. The molecule has 7 nitrogen and oxygen atoms in total. The summed E-state index contributed by atoms with van der Waals surface area (Å²) in [6, 6.07) is 14.4. The van der Waals surface area contributed by atoms with Gasteiger partial charge in [-0.3, -0.25) is 9.59 Å². The van der Waals surface area contributed by atoms with E-state index in [0.717, 1.165) is 25.3 Å². The molecule has 1 aliphatic heterocycles. The summed E-state index contributed by atoms with van der Waals surface area (Å²) in [4.78, 5) is 30.0. The van der Waals surface area contributed by atoms with Crippen LogP contribution in [0.25, 0.3) is 11.4 Å². The number of Topliss-reactive ketones (excluding diaryl/α,β-unsaturated/α-hetero) is 1. The summed E-state index contributed by atoms with van der Waals surface area (Å²) >= 11 is 0. The van der Waals surface area contributed by atoms with Crippen LogP contribution < -0.4 is 0 Å². The van der Waals surface area contributed by atoms with Gasteiger partial charge in [0.25, 0.3) is 11.7 Å². The molecule has 0 bridgehead atoms.